The third kappa shape index (κ3) is 6.85. The van der Waals surface area contributed by atoms with Gasteiger partial charge in [0.2, 0.25) is 11.8 Å². The normalized spacial score (nSPS) is 16.8. The van der Waals surface area contributed by atoms with Gasteiger partial charge in [-0.2, -0.15) is 0 Å². The summed E-state index contributed by atoms with van der Waals surface area (Å²) in [7, 11) is 1.66. The van der Waals surface area contributed by atoms with Crippen LogP contribution in [0.2, 0.25) is 0 Å². The molecule has 1 atom stereocenters. The predicted octanol–water partition coefficient (Wildman–Crippen LogP) is 3.18. The number of aryl methyl sites for hydroxylation is 1. The summed E-state index contributed by atoms with van der Waals surface area (Å²) in [5.41, 5.74) is 2.49. The number of amides is 2. The van der Waals surface area contributed by atoms with Crippen molar-refractivity contribution >= 4 is 17.8 Å². The standard InChI is InChI=1S/C24H36N2O4/c1-6-30-23(29)19-8-7-15-26(16-19)22(28)17-25(5)21(27)14-11-18-9-12-20(13-10-18)24(2,3)4/h9-10,12-13,19H,6-8,11,14-17H2,1-5H3. The Balaban J connectivity index is 1.82. The lowest BCUT2D eigenvalue weighted by molar-refractivity contribution is -0.152. The third-order valence-corrected chi connectivity index (χ3v) is 5.64. The molecule has 1 aliphatic rings. The number of hydrogen-bond donors (Lipinski definition) is 0. The van der Waals surface area contributed by atoms with Crippen LogP contribution in [0.1, 0.15) is 58.1 Å². The van der Waals surface area contributed by atoms with E-state index in [4.69, 9.17) is 4.74 Å². The second kappa shape index (κ2) is 10.6. The van der Waals surface area contributed by atoms with Gasteiger partial charge < -0.3 is 14.5 Å². The number of hydrogen-bond acceptors (Lipinski definition) is 4. The molecule has 30 heavy (non-hydrogen) atoms. The Bertz CT molecular complexity index is 737. The Morgan fingerprint density at radius 1 is 1.17 bits per heavy atom. The van der Waals surface area contributed by atoms with Crippen LogP contribution in [-0.4, -0.2) is 60.9 Å². The first kappa shape index (κ1) is 23.9. The molecule has 2 rings (SSSR count). The molecule has 0 aromatic heterocycles. The number of nitrogens with zero attached hydrogens (tertiary/aromatic N) is 2. The van der Waals surface area contributed by atoms with Crippen LogP contribution in [0.5, 0.6) is 0 Å². The van der Waals surface area contributed by atoms with Gasteiger partial charge in [-0.05, 0) is 42.7 Å². The SMILES string of the molecule is CCOC(=O)C1CCCN(C(=O)CN(C)C(=O)CCc2ccc(C(C)(C)C)cc2)C1. The summed E-state index contributed by atoms with van der Waals surface area (Å²) in [6.07, 6.45) is 2.53. The molecule has 6 heteroatoms. The van der Waals surface area contributed by atoms with Gasteiger partial charge in [-0.3, -0.25) is 14.4 Å². The molecule has 0 radical (unpaired) electrons. The van der Waals surface area contributed by atoms with Gasteiger partial charge >= 0.3 is 5.97 Å². The maximum absolute atomic E-state index is 12.6. The van der Waals surface area contributed by atoms with Crippen molar-refractivity contribution < 1.29 is 19.1 Å². The number of carbonyl (C=O) groups excluding carboxylic acids is 3. The highest BCUT2D eigenvalue weighted by Crippen LogP contribution is 2.22. The fourth-order valence-electron chi connectivity index (χ4n) is 3.66. The number of esters is 1. The Kier molecular flexibility index (Phi) is 8.44. The van der Waals surface area contributed by atoms with E-state index in [1.54, 1.807) is 18.9 Å². The Morgan fingerprint density at radius 2 is 1.83 bits per heavy atom. The highest BCUT2D eigenvalue weighted by molar-refractivity contribution is 5.85. The molecule has 0 N–H and O–H groups in total. The van der Waals surface area contributed by atoms with Crippen molar-refractivity contribution in [3.63, 3.8) is 0 Å². The summed E-state index contributed by atoms with van der Waals surface area (Å²) in [6.45, 7) is 9.69. The average molecular weight is 417 g/mol. The molecule has 0 bridgehead atoms. The van der Waals surface area contributed by atoms with E-state index in [1.807, 2.05) is 0 Å². The molecule has 0 aliphatic carbocycles. The van der Waals surface area contributed by atoms with Gasteiger partial charge in [0.25, 0.3) is 0 Å². The van der Waals surface area contributed by atoms with Crippen LogP contribution in [0, 0.1) is 5.92 Å². The smallest absolute Gasteiger partial charge is 0.310 e. The lowest BCUT2D eigenvalue weighted by atomic mass is 9.86. The van der Waals surface area contributed by atoms with Gasteiger partial charge in [0, 0.05) is 26.6 Å². The van der Waals surface area contributed by atoms with Crippen molar-refractivity contribution in [3.8, 4) is 0 Å². The third-order valence-electron chi connectivity index (χ3n) is 5.64. The molecule has 2 amide bonds. The zero-order valence-electron chi connectivity index (χ0n) is 19.1. The van der Waals surface area contributed by atoms with Crippen LogP contribution in [0.4, 0.5) is 0 Å². The Hall–Kier alpha value is -2.37. The largest absolute Gasteiger partial charge is 0.466 e. The molecule has 1 saturated heterocycles. The minimum Gasteiger partial charge on any atom is -0.466 e. The molecule has 0 spiro atoms. The summed E-state index contributed by atoms with van der Waals surface area (Å²) in [4.78, 5) is 40.3. The van der Waals surface area contributed by atoms with Crippen molar-refractivity contribution in [3.05, 3.63) is 35.4 Å². The summed E-state index contributed by atoms with van der Waals surface area (Å²) in [6, 6.07) is 8.37. The van der Waals surface area contributed by atoms with Crippen molar-refractivity contribution in [2.24, 2.45) is 5.92 Å². The van der Waals surface area contributed by atoms with E-state index in [1.165, 1.54) is 10.5 Å². The molecule has 1 unspecified atom stereocenters. The molecule has 1 aliphatic heterocycles. The minimum atomic E-state index is -0.264. The van der Waals surface area contributed by atoms with Crippen LogP contribution < -0.4 is 0 Å². The quantitative estimate of drug-likeness (QED) is 0.641. The van der Waals surface area contributed by atoms with Crippen LogP contribution in [0.3, 0.4) is 0 Å². The van der Waals surface area contributed by atoms with Gasteiger partial charge in [0.05, 0.1) is 19.1 Å². The molecule has 6 nitrogen and oxygen atoms in total. The van der Waals surface area contributed by atoms with Crippen molar-refractivity contribution in [2.45, 2.75) is 58.8 Å². The Labute approximate surface area is 180 Å². The van der Waals surface area contributed by atoms with Crippen molar-refractivity contribution in [2.75, 3.05) is 33.3 Å². The van der Waals surface area contributed by atoms with E-state index in [2.05, 4.69) is 45.0 Å². The van der Waals surface area contributed by atoms with E-state index in [0.717, 1.165) is 18.4 Å². The first-order valence-electron chi connectivity index (χ1n) is 10.9. The number of piperidine rings is 1. The molecule has 0 saturated carbocycles. The Morgan fingerprint density at radius 3 is 2.43 bits per heavy atom. The molecular formula is C24H36N2O4. The second-order valence-corrected chi connectivity index (χ2v) is 9.13. The fraction of sp³-hybridized carbons (Fsp3) is 0.625. The number of likely N-dealkylation sites (tertiary alicyclic amines) is 1. The van der Waals surface area contributed by atoms with Crippen LogP contribution in [0.15, 0.2) is 24.3 Å². The van der Waals surface area contributed by atoms with Crippen molar-refractivity contribution in [1.29, 1.82) is 0 Å². The van der Waals surface area contributed by atoms with E-state index in [0.29, 0.717) is 32.5 Å². The first-order valence-corrected chi connectivity index (χ1v) is 10.9. The van der Waals surface area contributed by atoms with Crippen LogP contribution in [0.25, 0.3) is 0 Å². The molecule has 1 fully saturated rings. The van der Waals surface area contributed by atoms with Crippen LogP contribution >= 0.6 is 0 Å². The molecule has 166 valence electrons. The van der Waals surface area contributed by atoms with E-state index in [9.17, 15) is 14.4 Å². The van der Waals surface area contributed by atoms with Gasteiger partial charge in [0.15, 0.2) is 0 Å². The molecule has 1 aromatic carbocycles. The highest BCUT2D eigenvalue weighted by Gasteiger charge is 2.30. The molecule has 1 aromatic rings. The lowest BCUT2D eigenvalue weighted by Crippen LogP contribution is -2.47. The lowest BCUT2D eigenvalue weighted by Gasteiger charge is -2.32. The van der Waals surface area contributed by atoms with Gasteiger partial charge in [0.1, 0.15) is 0 Å². The maximum atomic E-state index is 12.6. The number of ether oxygens (including phenoxy) is 1. The average Bonchev–Trinajstić information content (AvgIpc) is 2.71. The van der Waals surface area contributed by atoms with Gasteiger partial charge in [-0.25, -0.2) is 0 Å². The monoisotopic (exact) mass is 416 g/mol. The maximum Gasteiger partial charge on any atom is 0.310 e. The van der Waals surface area contributed by atoms with E-state index < -0.39 is 0 Å². The summed E-state index contributed by atoms with van der Waals surface area (Å²) in [5.74, 6) is -0.673. The minimum absolute atomic E-state index is 0.0390. The molecular weight excluding hydrogens is 380 g/mol. The second-order valence-electron chi connectivity index (χ2n) is 9.13. The number of carbonyl (C=O) groups is 3. The van der Waals surface area contributed by atoms with Gasteiger partial charge in [-0.15, -0.1) is 0 Å². The number of rotatable bonds is 7. The van der Waals surface area contributed by atoms with Crippen LogP contribution in [-0.2, 0) is 31.0 Å². The van der Waals surface area contributed by atoms with E-state index in [-0.39, 0.29) is 35.7 Å². The van der Waals surface area contributed by atoms with E-state index >= 15 is 0 Å². The predicted molar refractivity (Wildman–Crippen MR) is 117 cm³/mol. The first-order chi connectivity index (χ1) is 14.1. The summed E-state index contributed by atoms with van der Waals surface area (Å²) >= 11 is 0. The zero-order valence-corrected chi connectivity index (χ0v) is 19.1. The summed E-state index contributed by atoms with van der Waals surface area (Å²) in [5, 5.41) is 0. The van der Waals surface area contributed by atoms with Crippen molar-refractivity contribution in [1.82, 2.24) is 9.80 Å². The van der Waals surface area contributed by atoms with Gasteiger partial charge in [-0.1, -0.05) is 45.0 Å². The topological polar surface area (TPSA) is 66.9 Å². The highest BCUT2D eigenvalue weighted by atomic mass is 16.5. The zero-order chi connectivity index (χ0) is 22.3. The summed E-state index contributed by atoms with van der Waals surface area (Å²) < 4.78 is 5.09. The number of likely N-dealkylation sites (N-methyl/N-ethyl adjacent to an activating group) is 1. The number of benzene rings is 1. The fourth-order valence-corrected chi connectivity index (χ4v) is 3.66. The molecule has 1 heterocycles.